The van der Waals surface area contributed by atoms with Crippen LogP contribution in [0, 0.1) is 0 Å². The van der Waals surface area contributed by atoms with Crippen LogP contribution in [0.2, 0.25) is 0 Å². The summed E-state index contributed by atoms with van der Waals surface area (Å²) in [6, 6.07) is 22.8. The molecule has 0 unspecified atom stereocenters. The summed E-state index contributed by atoms with van der Waals surface area (Å²) >= 11 is 1.61. The molecule has 1 aliphatic rings. The molecular weight excluding hydrogens is 462 g/mol. The van der Waals surface area contributed by atoms with Gasteiger partial charge in [-0.15, -0.1) is 11.8 Å². The number of thioether (sulfide) groups is 1. The van der Waals surface area contributed by atoms with Crippen LogP contribution in [-0.2, 0) is 11.2 Å². The molecule has 1 N–H and O–H groups in total. The highest BCUT2D eigenvalue weighted by Crippen LogP contribution is 2.38. The first-order chi connectivity index (χ1) is 17.1. The molecule has 1 heterocycles. The van der Waals surface area contributed by atoms with Crippen molar-refractivity contribution < 1.29 is 19.1 Å². The van der Waals surface area contributed by atoms with E-state index in [2.05, 4.69) is 22.7 Å². The zero-order valence-electron chi connectivity index (χ0n) is 19.6. The molecule has 180 valence electrons. The number of benzene rings is 3. The van der Waals surface area contributed by atoms with Crippen molar-refractivity contribution in [2.45, 2.75) is 11.8 Å². The van der Waals surface area contributed by atoms with E-state index in [0.717, 1.165) is 12.0 Å². The third-order valence-corrected chi connectivity index (χ3v) is 6.98. The number of carbonyl (C=O) groups is 2. The van der Waals surface area contributed by atoms with Gasteiger partial charge in [0.25, 0.3) is 5.91 Å². The molecular formula is C27H27N3O4S. The summed E-state index contributed by atoms with van der Waals surface area (Å²) in [5, 5.41) is 4.00. The summed E-state index contributed by atoms with van der Waals surface area (Å²) in [5.41, 5.74) is 5.94. The van der Waals surface area contributed by atoms with E-state index in [4.69, 9.17) is 9.47 Å². The van der Waals surface area contributed by atoms with Crippen molar-refractivity contribution in [3.05, 3.63) is 95.1 Å². The molecule has 1 fully saturated rings. The van der Waals surface area contributed by atoms with Crippen molar-refractivity contribution in [1.82, 2.24) is 10.3 Å². The largest absolute Gasteiger partial charge is 0.497 e. The highest BCUT2D eigenvalue weighted by molar-refractivity contribution is 8.00. The number of hydrazone groups is 1. The minimum Gasteiger partial charge on any atom is -0.497 e. The summed E-state index contributed by atoms with van der Waals surface area (Å²) in [6.07, 6.45) is 2.33. The number of rotatable bonds is 9. The molecule has 8 heteroatoms. The average molecular weight is 490 g/mol. The Morgan fingerprint density at radius 1 is 1.09 bits per heavy atom. The second-order valence-electron chi connectivity index (χ2n) is 7.92. The summed E-state index contributed by atoms with van der Waals surface area (Å²) in [6.45, 7) is 0.659. The minimum atomic E-state index is -0.323. The third-order valence-electron chi connectivity index (χ3n) is 5.72. The lowest BCUT2D eigenvalue weighted by atomic mass is 10.1. The first-order valence-electron chi connectivity index (χ1n) is 11.2. The SMILES string of the molecule is COc1ccc(/C=N\NC(=O)c2ccc([C@H]3SCC(=O)N3CCc3ccccc3)cc2)c(OC)c1. The molecule has 1 saturated heterocycles. The van der Waals surface area contributed by atoms with Crippen LogP contribution in [0.3, 0.4) is 0 Å². The molecule has 1 aliphatic heterocycles. The maximum atomic E-state index is 12.6. The van der Waals surface area contributed by atoms with E-state index in [1.807, 2.05) is 35.2 Å². The quantitative estimate of drug-likeness (QED) is 0.358. The standard InChI is InChI=1S/C27H27N3O4S/c1-33-23-13-12-22(24(16-23)34-2)17-28-29-26(32)20-8-10-21(11-9-20)27-30(25(31)18-35-27)15-14-19-6-4-3-5-7-19/h3-13,16-17,27H,14-15,18H2,1-2H3,(H,29,32)/b28-17-/t27-/m1/s1. The van der Waals surface area contributed by atoms with Crippen LogP contribution >= 0.6 is 11.8 Å². The van der Waals surface area contributed by atoms with E-state index in [9.17, 15) is 9.59 Å². The Kier molecular flexibility index (Phi) is 8.05. The van der Waals surface area contributed by atoms with E-state index in [1.54, 1.807) is 56.3 Å². The van der Waals surface area contributed by atoms with Gasteiger partial charge in [-0.2, -0.15) is 5.10 Å². The van der Waals surface area contributed by atoms with Crippen molar-refractivity contribution in [3.8, 4) is 11.5 Å². The van der Waals surface area contributed by atoms with E-state index in [-0.39, 0.29) is 17.2 Å². The van der Waals surface area contributed by atoms with Crippen molar-refractivity contribution in [2.75, 3.05) is 26.5 Å². The second-order valence-corrected chi connectivity index (χ2v) is 8.98. The Morgan fingerprint density at radius 3 is 2.57 bits per heavy atom. The summed E-state index contributed by atoms with van der Waals surface area (Å²) in [7, 11) is 3.14. The van der Waals surface area contributed by atoms with Crippen LogP contribution in [0.1, 0.15) is 32.4 Å². The molecule has 0 saturated carbocycles. The first kappa shape index (κ1) is 24.3. The lowest BCUT2D eigenvalue weighted by molar-refractivity contribution is -0.128. The Bertz CT molecular complexity index is 1200. The van der Waals surface area contributed by atoms with Gasteiger partial charge in [0.2, 0.25) is 5.91 Å². The molecule has 0 bridgehead atoms. The second kappa shape index (κ2) is 11.6. The van der Waals surface area contributed by atoms with E-state index < -0.39 is 0 Å². The number of carbonyl (C=O) groups excluding carboxylic acids is 2. The lowest BCUT2D eigenvalue weighted by Crippen LogP contribution is -2.30. The Labute approximate surface area is 209 Å². The van der Waals surface area contributed by atoms with Crippen molar-refractivity contribution in [2.24, 2.45) is 5.10 Å². The minimum absolute atomic E-state index is 0.0520. The van der Waals surface area contributed by atoms with Crippen molar-refractivity contribution in [1.29, 1.82) is 0 Å². The lowest BCUT2D eigenvalue weighted by Gasteiger charge is -2.24. The molecule has 35 heavy (non-hydrogen) atoms. The number of nitrogens with zero attached hydrogens (tertiary/aromatic N) is 2. The fourth-order valence-corrected chi connectivity index (χ4v) is 5.03. The molecule has 0 aliphatic carbocycles. The maximum Gasteiger partial charge on any atom is 0.271 e. The Morgan fingerprint density at radius 2 is 1.86 bits per heavy atom. The molecule has 4 rings (SSSR count). The fourth-order valence-electron chi connectivity index (χ4n) is 3.82. The van der Waals surface area contributed by atoms with Gasteiger partial charge < -0.3 is 14.4 Å². The van der Waals surface area contributed by atoms with Crippen LogP contribution in [0.25, 0.3) is 0 Å². The predicted octanol–water partition coefficient (Wildman–Crippen LogP) is 4.28. The van der Waals surface area contributed by atoms with Crippen LogP contribution < -0.4 is 14.9 Å². The molecule has 3 aromatic rings. The van der Waals surface area contributed by atoms with Gasteiger partial charge in [-0.3, -0.25) is 9.59 Å². The van der Waals surface area contributed by atoms with Gasteiger partial charge in [0, 0.05) is 23.7 Å². The third kappa shape index (κ3) is 6.02. The van der Waals surface area contributed by atoms with Gasteiger partial charge in [-0.25, -0.2) is 5.43 Å². The monoisotopic (exact) mass is 489 g/mol. The zero-order valence-corrected chi connectivity index (χ0v) is 20.5. The smallest absolute Gasteiger partial charge is 0.271 e. The van der Waals surface area contributed by atoms with E-state index in [1.165, 1.54) is 11.8 Å². The van der Waals surface area contributed by atoms with Crippen LogP contribution in [0.15, 0.2) is 77.9 Å². The highest BCUT2D eigenvalue weighted by Gasteiger charge is 2.32. The van der Waals surface area contributed by atoms with E-state index in [0.29, 0.717) is 34.9 Å². The summed E-state index contributed by atoms with van der Waals surface area (Å²) in [5.74, 6) is 1.54. The van der Waals surface area contributed by atoms with Crippen LogP contribution in [0.4, 0.5) is 0 Å². The maximum absolute atomic E-state index is 12.6. The average Bonchev–Trinajstić information content (AvgIpc) is 3.28. The van der Waals surface area contributed by atoms with E-state index >= 15 is 0 Å². The number of amides is 2. The van der Waals surface area contributed by atoms with Gasteiger partial charge in [-0.05, 0) is 41.8 Å². The highest BCUT2D eigenvalue weighted by atomic mass is 32.2. The number of methoxy groups -OCH3 is 2. The molecule has 0 spiro atoms. The Hall–Kier alpha value is -3.78. The molecule has 3 aromatic carbocycles. The molecule has 7 nitrogen and oxygen atoms in total. The number of hydrogen-bond donors (Lipinski definition) is 1. The normalized spacial score (nSPS) is 15.4. The topological polar surface area (TPSA) is 80.2 Å². The van der Waals surface area contributed by atoms with Crippen LogP contribution in [0.5, 0.6) is 11.5 Å². The number of hydrogen-bond acceptors (Lipinski definition) is 6. The molecule has 1 atom stereocenters. The predicted molar refractivity (Wildman–Crippen MR) is 138 cm³/mol. The van der Waals surface area contributed by atoms with Gasteiger partial charge in [0.15, 0.2) is 0 Å². The van der Waals surface area contributed by atoms with Gasteiger partial charge in [0.05, 0.1) is 26.2 Å². The Balaban J connectivity index is 1.37. The number of ether oxygens (including phenoxy) is 2. The summed E-state index contributed by atoms with van der Waals surface area (Å²) < 4.78 is 10.5. The van der Waals surface area contributed by atoms with Gasteiger partial charge in [0.1, 0.15) is 16.9 Å². The summed E-state index contributed by atoms with van der Waals surface area (Å²) in [4.78, 5) is 26.9. The zero-order chi connectivity index (χ0) is 24.6. The molecule has 0 radical (unpaired) electrons. The van der Waals surface area contributed by atoms with Crippen LogP contribution in [-0.4, -0.2) is 49.4 Å². The van der Waals surface area contributed by atoms with Gasteiger partial charge >= 0.3 is 0 Å². The number of nitrogens with one attached hydrogen (secondary N) is 1. The molecule has 2 amide bonds. The fraction of sp³-hybridized carbons (Fsp3) is 0.222. The van der Waals surface area contributed by atoms with Gasteiger partial charge in [-0.1, -0.05) is 42.5 Å². The van der Waals surface area contributed by atoms with Crippen molar-refractivity contribution in [3.63, 3.8) is 0 Å². The first-order valence-corrected chi connectivity index (χ1v) is 12.2. The van der Waals surface area contributed by atoms with Crippen molar-refractivity contribution >= 4 is 29.8 Å². The molecule has 0 aromatic heterocycles.